The lowest BCUT2D eigenvalue weighted by atomic mass is 9.85. The van der Waals surface area contributed by atoms with Gasteiger partial charge in [-0.3, -0.25) is 9.78 Å². The number of carbonyl (C=O) groups excluding carboxylic acids is 1. The maximum Gasteiger partial charge on any atom is 0.226 e. The van der Waals surface area contributed by atoms with Gasteiger partial charge < -0.3 is 10.0 Å². The fourth-order valence-corrected chi connectivity index (χ4v) is 5.12. The van der Waals surface area contributed by atoms with E-state index < -0.39 is 0 Å². The van der Waals surface area contributed by atoms with E-state index in [1.165, 1.54) is 32.1 Å². The third kappa shape index (κ3) is 9.24. The van der Waals surface area contributed by atoms with Crippen LogP contribution in [-0.2, 0) is 4.79 Å². The SMILES string of the molecule is CC.CC.CC.CC(c1ccc(-c2cccnc2)cc1Cl)C1CCN(C2CCCCC2)C1=O.CO. The van der Waals surface area contributed by atoms with Gasteiger partial charge in [-0.25, -0.2) is 0 Å². The molecule has 1 aromatic heterocycles. The summed E-state index contributed by atoms with van der Waals surface area (Å²) >= 11 is 6.64. The number of nitrogens with zero attached hydrogens (tertiary/aromatic N) is 2. The van der Waals surface area contributed by atoms with E-state index in [1.54, 1.807) is 6.20 Å². The summed E-state index contributed by atoms with van der Waals surface area (Å²) in [5.41, 5.74) is 3.19. The molecule has 2 aromatic rings. The molecule has 0 bridgehead atoms. The number of likely N-dealkylation sites (tertiary alicyclic amines) is 1. The van der Waals surface area contributed by atoms with Crippen molar-refractivity contribution >= 4 is 17.5 Å². The first-order valence-electron chi connectivity index (χ1n) is 13.6. The zero-order valence-electron chi connectivity index (χ0n) is 23.4. The normalized spacial score (nSPS) is 17.8. The Morgan fingerprint density at radius 3 is 2.11 bits per heavy atom. The average Bonchev–Trinajstić information content (AvgIpc) is 3.35. The van der Waals surface area contributed by atoms with Crippen molar-refractivity contribution in [3.63, 3.8) is 0 Å². The van der Waals surface area contributed by atoms with E-state index in [-0.39, 0.29) is 11.8 Å². The summed E-state index contributed by atoms with van der Waals surface area (Å²) in [5, 5.41) is 7.74. The van der Waals surface area contributed by atoms with Gasteiger partial charge in [0.1, 0.15) is 0 Å². The van der Waals surface area contributed by atoms with Crippen LogP contribution in [0.1, 0.15) is 98.5 Å². The molecule has 2 aliphatic rings. The molecule has 1 amide bonds. The molecule has 1 N–H and O–H groups in total. The molecule has 2 heterocycles. The lowest BCUT2D eigenvalue weighted by molar-refractivity contribution is -0.133. The van der Waals surface area contributed by atoms with Crippen molar-refractivity contribution in [3.05, 3.63) is 53.3 Å². The van der Waals surface area contributed by atoms with Crippen LogP contribution in [0.15, 0.2) is 42.7 Å². The number of halogens is 1. The van der Waals surface area contributed by atoms with E-state index >= 15 is 0 Å². The molecule has 2 atom stereocenters. The number of pyridine rings is 1. The van der Waals surface area contributed by atoms with Crippen molar-refractivity contribution in [2.75, 3.05) is 13.7 Å². The summed E-state index contributed by atoms with van der Waals surface area (Å²) in [6, 6.07) is 10.6. The molecule has 35 heavy (non-hydrogen) atoms. The predicted octanol–water partition coefficient (Wildman–Crippen LogP) is 8.37. The Balaban J connectivity index is 0.00000132. The van der Waals surface area contributed by atoms with Gasteiger partial charge in [0.2, 0.25) is 5.91 Å². The van der Waals surface area contributed by atoms with Crippen LogP contribution >= 0.6 is 11.6 Å². The Morgan fingerprint density at radius 2 is 1.57 bits per heavy atom. The second kappa shape index (κ2) is 19.3. The number of aliphatic hydroxyl groups is 1. The minimum Gasteiger partial charge on any atom is -0.400 e. The Bertz CT molecular complexity index is 807. The predicted molar refractivity (Wildman–Crippen MR) is 152 cm³/mol. The number of carbonyl (C=O) groups is 1. The van der Waals surface area contributed by atoms with E-state index in [4.69, 9.17) is 16.7 Å². The second-order valence-electron chi connectivity index (χ2n) is 7.99. The van der Waals surface area contributed by atoms with Crippen LogP contribution in [0, 0.1) is 5.92 Å². The van der Waals surface area contributed by atoms with Gasteiger partial charge in [0.25, 0.3) is 0 Å². The van der Waals surface area contributed by atoms with Gasteiger partial charge in [-0.1, -0.05) is 97.5 Å². The smallest absolute Gasteiger partial charge is 0.226 e. The highest BCUT2D eigenvalue weighted by molar-refractivity contribution is 6.31. The number of amides is 1. The molecular weight excluding hydrogens is 456 g/mol. The Kier molecular flexibility index (Phi) is 18.2. The Morgan fingerprint density at radius 1 is 0.943 bits per heavy atom. The summed E-state index contributed by atoms with van der Waals surface area (Å²) in [7, 11) is 1.00. The molecule has 4 nitrogen and oxygen atoms in total. The zero-order valence-corrected chi connectivity index (χ0v) is 24.1. The van der Waals surface area contributed by atoms with E-state index in [9.17, 15) is 4.79 Å². The minimum absolute atomic E-state index is 0.0497. The maximum absolute atomic E-state index is 13.1. The molecule has 198 valence electrons. The monoisotopic (exact) mass is 504 g/mol. The van der Waals surface area contributed by atoms with E-state index in [0.717, 1.165) is 41.8 Å². The van der Waals surface area contributed by atoms with Crippen molar-refractivity contribution in [2.24, 2.45) is 5.92 Å². The van der Waals surface area contributed by atoms with Gasteiger partial charge in [0.05, 0.1) is 0 Å². The highest BCUT2D eigenvalue weighted by atomic mass is 35.5. The molecule has 1 aliphatic carbocycles. The summed E-state index contributed by atoms with van der Waals surface area (Å²) in [6.07, 6.45) is 10.7. The molecular formula is C30H49ClN2O2. The molecule has 1 saturated carbocycles. The van der Waals surface area contributed by atoms with Gasteiger partial charge in [-0.2, -0.15) is 0 Å². The summed E-state index contributed by atoms with van der Waals surface area (Å²) < 4.78 is 0. The van der Waals surface area contributed by atoms with Crippen molar-refractivity contribution in [2.45, 2.75) is 99.0 Å². The van der Waals surface area contributed by atoms with Crippen molar-refractivity contribution in [3.8, 4) is 11.1 Å². The summed E-state index contributed by atoms with van der Waals surface area (Å²) in [4.78, 5) is 19.4. The fourth-order valence-electron chi connectivity index (χ4n) is 4.77. The van der Waals surface area contributed by atoms with Gasteiger partial charge in [-0.15, -0.1) is 0 Å². The number of rotatable bonds is 4. The lowest BCUT2D eigenvalue weighted by Crippen LogP contribution is -2.39. The van der Waals surface area contributed by atoms with Crippen LogP contribution in [-0.4, -0.2) is 40.6 Å². The number of hydrogen-bond donors (Lipinski definition) is 1. The van der Waals surface area contributed by atoms with Crippen LogP contribution in [0.2, 0.25) is 5.02 Å². The number of benzene rings is 1. The quantitative estimate of drug-likeness (QED) is 0.454. The lowest BCUT2D eigenvalue weighted by Gasteiger charge is -2.31. The van der Waals surface area contributed by atoms with E-state index in [0.29, 0.717) is 11.9 Å². The first-order valence-corrected chi connectivity index (χ1v) is 14.0. The molecule has 2 fully saturated rings. The van der Waals surface area contributed by atoms with Crippen LogP contribution in [0.5, 0.6) is 0 Å². The van der Waals surface area contributed by atoms with Crippen molar-refractivity contribution < 1.29 is 9.90 Å². The third-order valence-electron chi connectivity index (χ3n) is 6.39. The van der Waals surface area contributed by atoms with E-state index in [2.05, 4.69) is 28.9 Å². The molecule has 5 heteroatoms. The average molecular weight is 505 g/mol. The molecule has 1 aliphatic heterocycles. The molecule has 2 unspecified atom stereocenters. The number of hydrogen-bond acceptors (Lipinski definition) is 3. The standard InChI is InChI=1S/C23H27ClN2O.3C2H6.CH4O/c1-16(21-11-13-26(23(21)27)19-7-3-2-4-8-19)20-10-9-17(14-22(20)24)18-6-5-12-25-15-18;4*1-2/h5-6,9-10,12,14-16,19,21H,2-4,7-8,11,13H2,1H3;3*1-2H3;2H,1H3. The van der Waals surface area contributed by atoms with Crippen molar-refractivity contribution in [1.82, 2.24) is 9.88 Å². The Labute approximate surface area is 220 Å². The Hall–Kier alpha value is -1.91. The van der Waals surface area contributed by atoms with Gasteiger partial charge in [0.15, 0.2) is 0 Å². The zero-order chi connectivity index (χ0) is 26.8. The van der Waals surface area contributed by atoms with E-state index in [1.807, 2.05) is 65.9 Å². The van der Waals surface area contributed by atoms with Gasteiger partial charge in [0, 0.05) is 48.6 Å². The molecule has 1 aromatic carbocycles. The molecule has 0 radical (unpaired) electrons. The highest BCUT2D eigenvalue weighted by Crippen LogP contribution is 2.39. The van der Waals surface area contributed by atoms with Crippen LogP contribution in [0.4, 0.5) is 0 Å². The van der Waals surface area contributed by atoms with Gasteiger partial charge in [-0.05, 0) is 48.4 Å². The van der Waals surface area contributed by atoms with Gasteiger partial charge >= 0.3 is 0 Å². The molecule has 0 spiro atoms. The molecule has 1 saturated heterocycles. The maximum atomic E-state index is 13.1. The molecule has 4 rings (SSSR count). The first kappa shape index (κ1) is 33.1. The second-order valence-corrected chi connectivity index (χ2v) is 8.39. The summed E-state index contributed by atoms with van der Waals surface area (Å²) in [5.74, 6) is 0.525. The first-order chi connectivity index (χ1) is 17.1. The van der Waals surface area contributed by atoms with Crippen LogP contribution < -0.4 is 0 Å². The number of aliphatic hydroxyl groups excluding tert-OH is 1. The van der Waals surface area contributed by atoms with Crippen molar-refractivity contribution in [1.29, 1.82) is 0 Å². The largest absolute Gasteiger partial charge is 0.400 e. The highest BCUT2D eigenvalue weighted by Gasteiger charge is 2.39. The fraction of sp³-hybridized carbons (Fsp3) is 0.600. The number of aromatic nitrogens is 1. The topological polar surface area (TPSA) is 53.4 Å². The van der Waals surface area contributed by atoms with Crippen LogP contribution in [0.3, 0.4) is 0 Å². The minimum atomic E-state index is 0.0497. The van der Waals surface area contributed by atoms with Crippen LogP contribution in [0.25, 0.3) is 11.1 Å². The summed E-state index contributed by atoms with van der Waals surface area (Å²) in [6.45, 7) is 15.1. The third-order valence-corrected chi connectivity index (χ3v) is 6.71.